The summed E-state index contributed by atoms with van der Waals surface area (Å²) in [5, 5.41) is 8.99. The van der Waals surface area contributed by atoms with E-state index >= 15 is 0 Å². The van der Waals surface area contributed by atoms with Gasteiger partial charge in [-0.25, -0.2) is 4.98 Å². The van der Waals surface area contributed by atoms with Crippen molar-refractivity contribution in [3.05, 3.63) is 18.0 Å². The first kappa shape index (κ1) is 11.5. The average Bonchev–Trinajstić information content (AvgIpc) is 2.97. The van der Waals surface area contributed by atoms with E-state index in [0.29, 0.717) is 6.10 Å². The van der Waals surface area contributed by atoms with Crippen LogP contribution in [0, 0.1) is 6.92 Å². The summed E-state index contributed by atoms with van der Waals surface area (Å²) in [7, 11) is 1.92. The summed E-state index contributed by atoms with van der Waals surface area (Å²) in [4.78, 5) is 4.37. The molecule has 1 atom stereocenters. The van der Waals surface area contributed by atoms with Crippen LogP contribution in [0.3, 0.4) is 0 Å². The van der Waals surface area contributed by atoms with Crippen molar-refractivity contribution in [2.24, 2.45) is 7.05 Å². The lowest BCUT2D eigenvalue weighted by atomic mass is 10.2. The van der Waals surface area contributed by atoms with Crippen LogP contribution in [0.25, 0.3) is 11.0 Å². The largest absolute Gasteiger partial charge is 0.382 e. The number of aryl methyl sites for hydroxylation is 2. The van der Waals surface area contributed by atoms with Gasteiger partial charge in [0.25, 0.3) is 0 Å². The molecular formula is C13H18N4O. The van der Waals surface area contributed by atoms with Gasteiger partial charge < -0.3 is 10.1 Å². The topological polar surface area (TPSA) is 52.0 Å². The van der Waals surface area contributed by atoms with Gasteiger partial charge in [-0.3, -0.25) is 4.68 Å². The first-order valence-corrected chi connectivity index (χ1v) is 6.39. The molecule has 0 aliphatic carbocycles. The molecule has 1 unspecified atom stereocenters. The number of aromatic nitrogens is 3. The summed E-state index contributed by atoms with van der Waals surface area (Å²) in [5.74, 6) is 0. The van der Waals surface area contributed by atoms with Crippen molar-refractivity contribution in [3.8, 4) is 0 Å². The molecule has 96 valence electrons. The molecule has 0 saturated carbocycles. The van der Waals surface area contributed by atoms with Crippen molar-refractivity contribution >= 4 is 16.7 Å². The summed E-state index contributed by atoms with van der Waals surface area (Å²) >= 11 is 0. The molecule has 0 aromatic carbocycles. The van der Waals surface area contributed by atoms with Crippen molar-refractivity contribution in [1.29, 1.82) is 0 Å². The van der Waals surface area contributed by atoms with E-state index in [0.717, 1.165) is 42.0 Å². The van der Waals surface area contributed by atoms with Crippen molar-refractivity contribution in [2.75, 3.05) is 18.5 Å². The van der Waals surface area contributed by atoms with Gasteiger partial charge in [0, 0.05) is 32.1 Å². The number of pyridine rings is 1. The van der Waals surface area contributed by atoms with Crippen molar-refractivity contribution < 1.29 is 4.74 Å². The lowest BCUT2D eigenvalue weighted by Crippen LogP contribution is -2.18. The predicted octanol–water partition coefficient (Wildman–Crippen LogP) is 1.87. The first-order valence-electron chi connectivity index (χ1n) is 6.39. The van der Waals surface area contributed by atoms with Crippen LogP contribution in [-0.2, 0) is 11.8 Å². The molecule has 0 amide bonds. The van der Waals surface area contributed by atoms with E-state index in [2.05, 4.69) is 15.4 Å². The van der Waals surface area contributed by atoms with Crippen LogP contribution in [0.2, 0.25) is 0 Å². The van der Waals surface area contributed by atoms with Crippen LogP contribution in [0.1, 0.15) is 18.5 Å². The Morgan fingerprint density at radius 2 is 2.44 bits per heavy atom. The number of nitrogens with one attached hydrogen (secondary N) is 1. The lowest BCUT2D eigenvalue weighted by Gasteiger charge is -2.12. The van der Waals surface area contributed by atoms with E-state index in [1.54, 1.807) is 0 Å². The van der Waals surface area contributed by atoms with Gasteiger partial charge in [-0.15, -0.1) is 0 Å². The molecule has 0 spiro atoms. The summed E-state index contributed by atoms with van der Waals surface area (Å²) in [6, 6.07) is 2.01. The van der Waals surface area contributed by atoms with E-state index in [1.807, 2.05) is 30.9 Å². The zero-order valence-corrected chi connectivity index (χ0v) is 10.8. The third-order valence-electron chi connectivity index (χ3n) is 3.44. The fraction of sp³-hybridized carbons (Fsp3) is 0.538. The Kier molecular flexibility index (Phi) is 2.91. The minimum Gasteiger partial charge on any atom is -0.382 e. The van der Waals surface area contributed by atoms with Crippen LogP contribution < -0.4 is 5.32 Å². The molecule has 1 aliphatic heterocycles. The molecule has 0 radical (unpaired) electrons. The molecule has 3 heterocycles. The maximum Gasteiger partial charge on any atom is 0.159 e. The van der Waals surface area contributed by atoms with Crippen LogP contribution >= 0.6 is 0 Å². The van der Waals surface area contributed by atoms with E-state index in [4.69, 9.17) is 4.74 Å². The third kappa shape index (κ3) is 1.95. The maximum absolute atomic E-state index is 5.62. The Morgan fingerprint density at radius 1 is 1.56 bits per heavy atom. The number of fused-ring (bicyclic) bond motifs is 1. The van der Waals surface area contributed by atoms with Gasteiger partial charge >= 0.3 is 0 Å². The Bertz CT molecular complexity index is 557. The van der Waals surface area contributed by atoms with Crippen molar-refractivity contribution in [1.82, 2.24) is 14.8 Å². The molecule has 5 nitrogen and oxygen atoms in total. The normalized spacial score (nSPS) is 19.6. The van der Waals surface area contributed by atoms with Gasteiger partial charge in [0.1, 0.15) is 0 Å². The third-order valence-corrected chi connectivity index (χ3v) is 3.44. The summed E-state index contributed by atoms with van der Waals surface area (Å²) in [5.41, 5.74) is 3.03. The highest BCUT2D eigenvalue weighted by Gasteiger charge is 2.16. The SMILES string of the molecule is Cc1nn(C)c2nccc(NCC3CCCO3)c12. The molecule has 1 fully saturated rings. The average molecular weight is 246 g/mol. The molecule has 18 heavy (non-hydrogen) atoms. The zero-order chi connectivity index (χ0) is 12.5. The molecule has 1 aliphatic rings. The van der Waals surface area contributed by atoms with Gasteiger partial charge in [0.2, 0.25) is 0 Å². The molecule has 3 rings (SSSR count). The van der Waals surface area contributed by atoms with Crippen LogP contribution in [0.4, 0.5) is 5.69 Å². The molecular weight excluding hydrogens is 228 g/mol. The van der Waals surface area contributed by atoms with Gasteiger partial charge in [-0.1, -0.05) is 0 Å². The number of anilines is 1. The van der Waals surface area contributed by atoms with E-state index in [9.17, 15) is 0 Å². The smallest absolute Gasteiger partial charge is 0.159 e. The fourth-order valence-electron chi connectivity index (χ4n) is 2.55. The van der Waals surface area contributed by atoms with Crippen LogP contribution in [0.15, 0.2) is 12.3 Å². The highest BCUT2D eigenvalue weighted by atomic mass is 16.5. The van der Waals surface area contributed by atoms with Crippen molar-refractivity contribution in [2.45, 2.75) is 25.9 Å². The molecule has 5 heteroatoms. The Morgan fingerprint density at radius 3 is 3.22 bits per heavy atom. The molecule has 0 bridgehead atoms. The standard InChI is InChI=1S/C13H18N4O/c1-9-12-11(15-8-10-4-3-7-18-10)5-6-14-13(12)17(2)16-9/h5-6,10H,3-4,7-8H2,1-2H3,(H,14,15). The molecule has 2 aromatic heterocycles. The Balaban J connectivity index is 1.86. The molecule has 1 saturated heterocycles. The minimum atomic E-state index is 0.338. The number of rotatable bonds is 3. The fourth-order valence-corrected chi connectivity index (χ4v) is 2.55. The van der Waals surface area contributed by atoms with Crippen molar-refractivity contribution in [3.63, 3.8) is 0 Å². The molecule has 2 aromatic rings. The lowest BCUT2D eigenvalue weighted by molar-refractivity contribution is 0.120. The van der Waals surface area contributed by atoms with E-state index in [-0.39, 0.29) is 0 Å². The monoisotopic (exact) mass is 246 g/mol. The van der Waals surface area contributed by atoms with Gasteiger partial charge in [-0.05, 0) is 25.8 Å². The number of hydrogen-bond acceptors (Lipinski definition) is 4. The van der Waals surface area contributed by atoms with Gasteiger partial charge in [0.15, 0.2) is 5.65 Å². The number of nitrogens with zero attached hydrogens (tertiary/aromatic N) is 3. The second-order valence-electron chi connectivity index (χ2n) is 4.78. The predicted molar refractivity (Wildman–Crippen MR) is 70.7 cm³/mol. The van der Waals surface area contributed by atoms with Crippen LogP contribution in [0.5, 0.6) is 0 Å². The van der Waals surface area contributed by atoms with Gasteiger partial charge in [0.05, 0.1) is 17.2 Å². The quantitative estimate of drug-likeness (QED) is 0.898. The second kappa shape index (κ2) is 4.57. The number of hydrogen-bond donors (Lipinski definition) is 1. The summed E-state index contributed by atoms with van der Waals surface area (Å²) < 4.78 is 7.44. The highest BCUT2D eigenvalue weighted by molar-refractivity contribution is 5.91. The summed E-state index contributed by atoms with van der Waals surface area (Å²) in [6.07, 6.45) is 4.48. The van der Waals surface area contributed by atoms with E-state index < -0.39 is 0 Å². The van der Waals surface area contributed by atoms with Gasteiger partial charge in [-0.2, -0.15) is 5.10 Å². The van der Waals surface area contributed by atoms with E-state index in [1.165, 1.54) is 6.42 Å². The first-order chi connectivity index (χ1) is 8.75. The maximum atomic E-state index is 5.62. The number of ether oxygens (including phenoxy) is 1. The zero-order valence-electron chi connectivity index (χ0n) is 10.8. The minimum absolute atomic E-state index is 0.338. The second-order valence-corrected chi connectivity index (χ2v) is 4.78. The summed E-state index contributed by atoms with van der Waals surface area (Å²) in [6.45, 7) is 3.76. The van der Waals surface area contributed by atoms with Crippen LogP contribution in [-0.4, -0.2) is 34.0 Å². The Hall–Kier alpha value is -1.62. The highest BCUT2D eigenvalue weighted by Crippen LogP contribution is 2.24. The Labute approximate surface area is 106 Å². The molecule has 1 N–H and O–H groups in total.